The van der Waals surface area contributed by atoms with Crippen LogP contribution in [0.4, 0.5) is 31.5 Å². The third-order valence-corrected chi connectivity index (χ3v) is 7.13. The second-order valence-electron chi connectivity index (χ2n) is 6.48. The third-order valence-electron chi connectivity index (χ3n) is 4.38. The molecule has 34 heavy (non-hydrogen) atoms. The summed E-state index contributed by atoms with van der Waals surface area (Å²) in [4.78, 5) is 20.0. The van der Waals surface area contributed by atoms with Crippen molar-refractivity contribution < 1.29 is 30.4 Å². The first-order chi connectivity index (χ1) is 16.0. The Kier molecular flexibility index (Phi) is 6.88. The van der Waals surface area contributed by atoms with Gasteiger partial charge in [-0.2, -0.15) is 0 Å². The number of ether oxygens (including phenoxy) is 1. The van der Waals surface area contributed by atoms with Gasteiger partial charge in [-0.3, -0.25) is 9.44 Å². The highest BCUT2D eigenvalue weighted by atomic mass is 32.2. The summed E-state index contributed by atoms with van der Waals surface area (Å²) in [6.07, 6.45) is 0. The number of sulfonamides is 2. The second kappa shape index (κ2) is 9.48. The molecular formula is C19H14F2N4O7S2. The standard InChI is InChI=1S/C19H14F2N4O7S2/c1-32-16-9-8-11(33(28,29)24-14-6-2-4-12(22-26)18(14)20)10-17(16)34(30,31)25-15-7-3-5-13(23-27)19(15)21/h2-10,24-25H,1H3. The van der Waals surface area contributed by atoms with E-state index in [1.54, 1.807) is 0 Å². The molecule has 0 aromatic heterocycles. The SMILES string of the molecule is COc1ccc(S(=O)(=O)Nc2cccc(N=O)c2F)cc1S(=O)(=O)Nc1cccc(N=O)c1F. The normalized spacial score (nSPS) is 11.5. The molecule has 0 fully saturated rings. The van der Waals surface area contributed by atoms with Crippen LogP contribution in [0.3, 0.4) is 0 Å². The number of nitrogens with zero attached hydrogens (tertiary/aromatic N) is 2. The minimum absolute atomic E-state index is 0.296. The van der Waals surface area contributed by atoms with Gasteiger partial charge in [0.1, 0.15) is 22.0 Å². The van der Waals surface area contributed by atoms with E-state index >= 15 is 0 Å². The number of hydrogen-bond donors (Lipinski definition) is 2. The summed E-state index contributed by atoms with van der Waals surface area (Å²) in [5.41, 5.74) is -2.51. The average Bonchev–Trinajstić information content (AvgIpc) is 2.81. The summed E-state index contributed by atoms with van der Waals surface area (Å²) in [6, 6.07) is 9.15. The molecule has 3 aromatic rings. The van der Waals surface area contributed by atoms with Crippen LogP contribution in [0.15, 0.2) is 74.7 Å². The van der Waals surface area contributed by atoms with E-state index in [2.05, 4.69) is 10.4 Å². The van der Waals surface area contributed by atoms with Gasteiger partial charge in [-0.15, -0.1) is 9.81 Å². The minimum Gasteiger partial charge on any atom is -0.495 e. The smallest absolute Gasteiger partial charge is 0.265 e. The van der Waals surface area contributed by atoms with Crippen LogP contribution < -0.4 is 14.2 Å². The number of halogens is 2. The van der Waals surface area contributed by atoms with Crippen LogP contribution in [0.25, 0.3) is 0 Å². The summed E-state index contributed by atoms with van der Waals surface area (Å²) >= 11 is 0. The summed E-state index contributed by atoms with van der Waals surface area (Å²) in [7, 11) is -8.11. The molecule has 0 atom stereocenters. The van der Waals surface area contributed by atoms with E-state index in [1.807, 2.05) is 9.44 Å². The molecule has 11 nitrogen and oxygen atoms in total. The largest absolute Gasteiger partial charge is 0.495 e. The van der Waals surface area contributed by atoms with Gasteiger partial charge in [0.05, 0.1) is 23.4 Å². The van der Waals surface area contributed by atoms with Gasteiger partial charge >= 0.3 is 0 Å². The van der Waals surface area contributed by atoms with Crippen molar-refractivity contribution in [2.24, 2.45) is 10.4 Å². The van der Waals surface area contributed by atoms with Crippen LogP contribution in [0, 0.1) is 21.4 Å². The minimum atomic E-state index is -4.66. The first kappa shape index (κ1) is 24.7. The van der Waals surface area contributed by atoms with E-state index in [9.17, 15) is 35.4 Å². The lowest BCUT2D eigenvalue weighted by Crippen LogP contribution is -2.18. The molecule has 2 N–H and O–H groups in total. The Morgan fingerprint density at radius 2 is 1.26 bits per heavy atom. The summed E-state index contributed by atoms with van der Waals surface area (Å²) in [5.74, 6) is -2.78. The van der Waals surface area contributed by atoms with Gasteiger partial charge in [0.2, 0.25) is 0 Å². The maximum absolute atomic E-state index is 14.3. The van der Waals surface area contributed by atoms with E-state index < -0.39 is 64.2 Å². The van der Waals surface area contributed by atoms with Crippen molar-refractivity contribution in [2.45, 2.75) is 9.79 Å². The molecule has 178 valence electrons. The summed E-state index contributed by atoms with van der Waals surface area (Å²) < 4.78 is 88.7. The Bertz CT molecular complexity index is 1500. The van der Waals surface area contributed by atoms with Gasteiger partial charge in [0.15, 0.2) is 11.6 Å². The lowest BCUT2D eigenvalue weighted by atomic mass is 10.3. The van der Waals surface area contributed by atoms with Crippen LogP contribution in [0.5, 0.6) is 5.75 Å². The first-order valence-corrected chi connectivity index (χ1v) is 12.0. The number of benzene rings is 3. The number of hydrogen-bond acceptors (Lipinski definition) is 9. The van der Waals surface area contributed by atoms with E-state index in [0.29, 0.717) is 6.07 Å². The van der Waals surface area contributed by atoms with E-state index in [1.165, 1.54) is 12.1 Å². The van der Waals surface area contributed by atoms with Crippen molar-refractivity contribution >= 4 is 42.8 Å². The highest BCUT2D eigenvalue weighted by Gasteiger charge is 2.26. The predicted octanol–water partition coefficient (Wildman–Crippen LogP) is 4.37. The van der Waals surface area contributed by atoms with Crippen LogP contribution in [-0.2, 0) is 20.0 Å². The zero-order chi connectivity index (χ0) is 25.1. The van der Waals surface area contributed by atoms with Gasteiger partial charge in [-0.1, -0.05) is 12.1 Å². The molecular weight excluding hydrogens is 498 g/mol. The van der Waals surface area contributed by atoms with E-state index in [-0.39, 0.29) is 5.75 Å². The molecule has 3 rings (SSSR count). The van der Waals surface area contributed by atoms with Crippen molar-refractivity contribution in [1.82, 2.24) is 0 Å². The fourth-order valence-corrected chi connectivity index (χ4v) is 5.19. The van der Waals surface area contributed by atoms with Crippen LogP contribution in [0.1, 0.15) is 0 Å². The summed E-state index contributed by atoms with van der Waals surface area (Å²) in [6.45, 7) is 0. The number of nitrogens with one attached hydrogen (secondary N) is 2. The van der Waals surface area contributed by atoms with Gasteiger partial charge in [0.25, 0.3) is 20.0 Å². The lowest BCUT2D eigenvalue weighted by Gasteiger charge is -2.15. The number of methoxy groups -OCH3 is 1. The van der Waals surface area contributed by atoms with Gasteiger partial charge < -0.3 is 4.74 Å². The number of rotatable bonds is 9. The molecule has 0 unspecified atom stereocenters. The second-order valence-corrected chi connectivity index (χ2v) is 9.82. The molecule has 0 aliphatic heterocycles. The Morgan fingerprint density at radius 3 is 1.74 bits per heavy atom. The topological polar surface area (TPSA) is 160 Å². The fraction of sp³-hybridized carbons (Fsp3) is 0.0526. The van der Waals surface area contributed by atoms with Crippen LogP contribution >= 0.6 is 0 Å². The van der Waals surface area contributed by atoms with E-state index in [4.69, 9.17) is 4.74 Å². The zero-order valence-corrected chi connectivity index (χ0v) is 18.7. The zero-order valence-electron chi connectivity index (χ0n) is 17.0. The summed E-state index contributed by atoms with van der Waals surface area (Å²) in [5, 5.41) is 4.89. The van der Waals surface area contributed by atoms with Crippen molar-refractivity contribution in [3.8, 4) is 5.75 Å². The van der Waals surface area contributed by atoms with Crippen molar-refractivity contribution in [2.75, 3.05) is 16.6 Å². The molecule has 0 bridgehead atoms. The Hall–Kier alpha value is -3.98. The lowest BCUT2D eigenvalue weighted by molar-refractivity contribution is 0.402. The highest BCUT2D eigenvalue weighted by Crippen LogP contribution is 2.32. The Morgan fingerprint density at radius 1 is 0.765 bits per heavy atom. The monoisotopic (exact) mass is 512 g/mol. The molecule has 0 radical (unpaired) electrons. The fourth-order valence-electron chi connectivity index (χ4n) is 2.78. The Labute approximate surface area is 191 Å². The molecule has 0 saturated carbocycles. The molecule has 0 saturated heterocycles. The van der Waals surface area contributed by atoms with Crippen molar-refractivity contribution in [3.05, 3.63) is 76.0 Å². The molecule has 3 aromatic carbocycles. The first-order valence-electron chi connectivity index (χ1n) is 9.01. The molecule has 0 spiro atoms. The van der Waals surface area contributed by atoms with Crippen molar-refractivity contribution in [1.29, 1.82) is 0 Å². The highest BCUT2D eigenvalue weighted by molar-refractivity contribution is 7.93. The maximum atomic E-state index is 14.3. The molecule has 15 heteroatoms. The Balaban J connectivity index is 2.05. The van der Waals surface area contributed by atoms with E-state index in [0.717, 1.165) is 43.5 Å². The molecule has 0 aliphatic carbocycles. The third kappa shape index (κ3) is 4.84. The average molecular weight is 512 g/mol. The number of nitroso groups, excluding NO2 is 2. The number of anilines is 2. The van der Waals surface area contributed by atoms with Gasteiger partial charge in [-0.05, 0) is 52.8 Å². The molecule has 0 amide bonds. The quantitative estimate of drug-likeness (QED) is 0.402. The van der Waals surface area contributed by atoms with Gasteiger partial charge in [0, 0.05) is 0 Å². The van der Waals surface area contributed by atoms with Crippen LogP contribution in [-0.4, -0.2) is 23.9 Å². The van der Waals surface area contributed by atoms with Crippen molar-refractivity contribution in [3.63, 3.8) is 0 Å². The molecule has 0 aliphatic rings. The maximum Gasteiger partial charge on any atom is 0.265 e. The van der Waals surface area contributed by atoms with Gasteiger partial charge in [-0.25, -0.2) is 25.6 Å². The van der Waals surface area contributed by atoms with Crippen LogP contribution in [0.2, 0.25) is 0 Å². The molecule has 0 heterocycles. The predicted molar refractivity (Wildman–Crippen MR) is 118 cm³/mol.